The van der Waals surface area contributed by atoms with Crippen molar-refractivity contribution in [1.82, 2.24) is 14.5 Å². The minimum absolute atomic E-state index is 0.0609. The van der Waals surface area contributed by atoms with Crippen LogP contribution in [0.3, 0.4) is 0 Å². The molecule has 0 unspecified atom stereocenters. The number of thiophene rings is 1. The number of rotatable bonds is 5. The lowest BCUT2D eigenvalue weighted by molar-refractivity contribution is 0.290. The molecule has 0 saturated carbocycles. The SMILES string of the molecule is COc1ccc(C)cc1S(=O)(=O)N1CCC(c2nnc(-c3ccsc3)o2)CC1. The van der Waals surface area contributed by atoms with Crippen molar-refractivity contribution in [2.24, 2.45) is 0 Å². The summed E-state index contributed by atoms with van der Waals surface area (Å²) in [5.74, 6) is 1.51. The topological polar surface area (TPSA) is 85.5 Å². The van der Waals surface area contributed by atoms with Gasteiger partial charge in [-0.2, -0.15) is 15.6 Å². The number of benzene rings is 1. The zero-order chi connectivity index (χ0) is 19.7. The van der Waals surface area contributed by atoms with Gasteiger partial charge >= 0.3 is 0 Å². The highest BCUT2D eigenvalue weighted by Crippen LogP contribution is 2.34. The Bertz CT molecular complexity index is 1050. The molecule has 0 radical (unpaired) electrons. The van der Waals surface area contributed by atoms with E-state index in [1.54, 1.807) is 23.5 Å². The third-order valence-electron chi connectivity index (χ3n) is 4.95. The Morgan fingerprint density at radius 3 is 2.68 bits per heavy atom. The highest BCUT2D eigenvalue weighted by atomic mass is 32.2. The molecule has 1 saturated heterocycles. The van der Waals surface area contributed by atoms with Crippen molar-refractivity contribution in [2.75, 3.05) is 20.2 Å². The normalized spacial score (nSPS) is 16.4. The van der Waals surface area contributed by atoms with E-state index < -0.39 is 10.0 Å². The summed E-state index contributed by atoms with van der Waals surface area (Å²) in [5.41, 5.74) is 1.79. The van der Waals surface area contributed by atoms with Gasteiger partial charge in [0.1, 0.15) is 10.6 Å². The molecule has 7 nitrogen and oxygen atoms in total. The first kappa shape index (κ1) is 19.1. The first-order chi connectivity index (χ1) is 13.5. The minimum Gasteiger partial charge on any atom is -0.495 e. The van der Waals surface area contributed by atoms with Crippen molar-refractivity contribution >= 4 is 21.4 Å². The van der Waals surface area contributed by atoms with Crippen LogP contribution in [0.4, 0.5) is 0 Å². The van der Waals surface area contributed by atoms with Crippen LogP contribution in [0.2, 0.25) is 0 Å². The summed E-state index contributed by atoms with van der Waals surface area (Å²) >= 11 is 1.57. The summed E-state index contributed by atoms with van der Waals surface area (Å²) in [6, 6.07) is 7.13. The number of hydrogen-bond donors (Lipinski definition) is 0. The first-order valence-electron chi connectivity index (χ1n) is 9.00. The molecule has 0 aliphatic carbocycles. The van der Waals surface area contributed by atoms with E-state index in [1.807, 2.05) is 29.8 Å². The Balaban J connectivity index is 1.49. The van der Waals surface area contributed by atoms with Crippen LogP contribution >= 0.6 is 11.3 Å². The lowest BCUT2D eigenvalue weighted by Gasteiger charge is -2.30. The molecule has 0 bridgehead atoms. The Morgan fingerprint density at radius 1 is 1.21 bits per heavy atom. The highest BCUT2D eigenvalue weighted by Gasteiger charge is 2.33. The van der Waals surface area contributed by atoms with Crippen molar-refractivity contribution in [3.8, 4) is 17.2 Å². The van der Waals surface area contributed by atoms with Gasteiger partial charge < -0.3 is 9.15 Å². The van der Waals surface area contributed by atoms with Crippen LogP contribution < -0.4 is 4.74 Å². The number of sulfonamides is 1. The molecule has 4 rings (SSSR count). The van der Waals surface area contributed by atoms with Crippen LogP contribution in [0, 0.1) is 6.92 Å². The van der Waals surface area contributed by atoms with Gasteiger partial charge in [0.15, 0.2) is 0 Å². The fraction of sp³-hybridized carbons (Fsp3) is 0.368. The number of aromatic nitrogens is 2. The lowest BCUT2D eigenvalue weighted by Crippen LogP contribution is -2.38. The van der Waals surface area contributed by atoms with Gasteiger partial charge in [0.05, 0.1) is 7.11 Å². The third-order valence-corrected chi connectivity index (χ3v) is 7.55. The van der Waals surface area contributed by atoms with Gasteiger partial charge in [0, 0.05) is 30.0 Å². The molecule has 0 atom stereocenters. The van der Waals surface area contributed by atoms with Gasteiger partial charge in [-0.05, 0) is 48.9 Å². The van der Waals surface area contributed by atoms with Crippen molar-refractivity contribution in [3.05, 3.63) is 46.5 Å². The molecule has 1 aliphatic heterocycles. The molecule has 2 aromatic heterocycles. The molecule has 3 aromatic rings. The van der Waals surface area contributed by atoms with Gasteiger partial charge in [-0.25, -0.2) is 8.42 Å². The molecular weight excluding hydrogens is 398 g/mol. The van der Waals surface area contributed by atoms with E-state index in [0.29, 0.717) is 43.5 Å². The zero-order valence-electron chi connectivity index (χ0n) is 15.7. The van der Waals surface area contributed by atoms with Gasteiger partial charge in [-0.15, -0.1) is 10.2 Å². The van der Waals surface area contributed by atoms with Crippen LogP contribution in [0.15, 0.2) is 44.3 Å². The minimum atomic E-state index is -3.62. The quantitative estimate of drug-likeness (QED) is 0.627. The van der Waals surface area contributed by atoms with Gasteiger partial charge in [-0.1, -0.05) is 6.07 Å². The Hall–Kier alpha value is -2.23. The van der Waals surface area contributed by atoms with E-state index in [2.05, 4.69) is 10.2 Å². The van der Waals surface area contributed by atoms with E-state index in [9.17, 15) is 8.42 Å². The number of aryl methyl sites for hydroxylation is 1. The molecule has 0 amide bonds. The second-order valence-corrected chi connectivity index (χ2v) is 9.48. The summed E-state index contributed by atoms with van der Waals surface area (Å²) in [5, 5.41) is 12.2. The molecule has 0 N–H and O–H groups in total. The van der Waals surface area contributed by atoms with E-state index in [0.717, 1.165) is 11.1 Å². The average molecular weight is 420 g/mol. The van der Waals surface area contributed by atoms with Crippen molar-refractivity contribution < 1.29 is 17.6 Å². The van der Waals surface area contributed by atoms with Crippen LogP contribution in [0.25, 0.3) is 11.5 Å². The number of hydrogen-bond acceptors (Lipinski definition) is 7. The molecule has 28 heavy (non-hydrogen) atoms. The molecule has 1 fully saturated rings. The Kier molecular flexibility index (Phi) is 5.22. The van der Waals surface area contributed by atoms with Gasteiger partial charge in [0.2, 0.25) is 21.8 Å². The molecule has 1 aliphatic rings. The fourth-order valence-electron chi connectivity index (χ4n) is 3.37. The Morgan fingerprint density at radius 2 is 2.00 bits per heavy atom. The van der Waals surface area contributed by atoms with Crippen LogP contribution in [-0.4, -0.2) is 43.1 Å². The standard InChI is InChI=1S/C19H21N3O4S2/c1-13-3-4-16(25-2)17(11-13)28(23,24)22-8-5-14(6-9-22)18-20-21-19(26-18)15-7-10-27-12-15/h3-4,7,10-12,14H,5-6,8-9H2,1-2H3. The van der Waals surface area contributed by atoms with E-state index >= 15 is 0 Å². The van der Waals surface area contributed by atoms with E-state index in [4.69, 9.17) is 9.15 Å². The van der Waals surface area contributed by atoms with E-state index in [-0.39, 0.29) is 10.8 Å². The zero-order valence-corrected chi connectivity index (χ0v) is 17.3. The summed E-state index contributed by atoms with van der Waals surface area (Å²) in [7, 11) is -2.14. The number of ether oxygens (including phenoxy) is 1. The largest absolute Gasteiger partial charge is 0.495 e. The summed E-state index contributed by atoms with van der Waals surface area (Å²) in [6.07, 6.45) is 1.28. The second kappa shape index (κ2) is 7.65. The van der Waals surface area contributed by atoms with Gasteiger partial charge in [-0.3, -0.25) is 0 Å². The molecule has 3 heterocycles. The number of piperidine rings is 1. The maximum Gasteiger partial charge on any atom is 0.248 e. The monoisotopic (exact) mass is 419 g/mol. The fourth-order valence-corrected chi connectivity index (χ4v) is 5.71. The molecule has 148 valence electrons. The average Bonchev–Trinajstić information content (AvgIpc) is 3.40. The van der Waals surface area contributed by atoms with Crippen molar-refractivity contribution in [1.29, 1.82) is 0 Å². The van der Waals surface area contributed by atoms with Crippen LogP contribution in [-0.2, 0) is 10.0 Å². The van der Waals surface area contributed by atoms with Gasteiger partial charge in [0.25, 0.3) is 0 Å². The summed E-state index contributed by atoms with van der Waals surface area (Å²) in [4.78, 5) is 0.214. The first-order valence-corrected chi connectivity index (χ1v) is 11.4. The van der Waals surface area contributed by atoms with Crippen LogP contribution in [0.1, 0.15) is 30.2 Å². The second-order valence-electron chi connectivity index (χ2n) is 6.79. The maximum absolute atomic E-state index is 13.1. The van der Waals surface area contributed by atoms with E-state index in [1.165, 1.54) is 11.4 Å². The van der Waals surface area contributed by atoms with Crippen molar-refractivity contribution in [3.63, 3.8) is 0 Å². The lowest BCUT2D eigenvalue weighted by atomic mass is 9.98. The molecule has 0 spiro atoms. The predicted molar refractivity (Wildman–Crippen MR) is 106 cm³/mol. The molecule has 9 heteroatoms. The maximum atomic E-state index is 13.1. The molecular formula is C19H21N3O4S2. The smallest absolute Gasteiger partial charge is 0.248 e. The predicted octanol–water partition coefficient (Wildman–Crippen LogP) is 3.68. The summed E-state index contributed by atoms with van der Waals surface area (Å²) in [6.45, 7) is 2.67. The van der Waals surface area contributed by atoms with Crippen LogP contribution in [0.5, 0.6) is 5.75 Å². The van der Waals surface area contributed by atoms with Crippen molar-refractivity contribution in [2.45, 2.75) is 30.6 Å². The number of methoxy groups -OCH3 is 1. The molecule has 1 aromatic carbocycles. The Labute approximate surface area is 168 Å². The summed E-state index contributed by atoms with van der Waals surface area (Å²) < 4.78 is 38.8. The third kappa shape index (κ3) is 3.57. The number of nitrogens with zero attached hydrogens (tertiary/aromatic N) is 3. The highest BCUT2D eigenvalue weighted by molar-refractivity contribution is 7.89.